The molecule has 2 heterocycles. The van der Waals surface area contributed by atoms with Gasteiger partial charge in [0.05, 0.1) is 39.9 Å². The van der Waals surface area contributed by atoms with E-state index in [9.17, 15) is 5.11 Å². The third-order valence-corrected chi connectivity index (χ3v) is 6.87. The molecule has 1 aromatic carbocycles. The number of aliphatic hydroxyl groups excluding tert-OH is 1. The number of aliphatic hydroxyl groups is 1. The molecule has 2 aromatic heterocycles. The molecule has 3 aromatic rings. The zero-order valence-electron chi connectivity index (χ0n) is 15.1. The van der Waals surface area contributed by atoms with Crippen molar-refractivity contribution in [2.45, 2.75) is 58.7 Å². The van der Waals surface area contributed by atoms with Crippen LogP contribution in [0.3, 0.4) is 0 Å². The van der Waals surface area contributed by atoms with Gasteiger partial charge in [-0.3, -0.25) is 4.68 Å². The minimum atomic E-state index is -0.530. The monoisotopic (exact) mass is 435 g/mol. The average molecular weight is 437 g/mol. The summed E-state index contributed by atoms with van der Waals surface area (Å²) in [5.41, 5.74) is 5.80. The average Bonchev–Trinajstić information content (AvgIpc) is 3.06. The van der Waals surface area contributed by atoms with Crippen molar-refractivity contribution in [3.8, 4) is 0 Å². The summed E-state index contributed by atoms with van der Waals surface area (Å²) < 4.78 is 5.14. The molecule has 1 N–H and O–H groups in total. The normalized spacial score (nSPS) is 15.4. The first-order valence-corrected chi connectivity index (χ1v) is 10.3. The summed E-state index contributed by atoms with van der Waals surface area (Å²) in [4.78, 5) is 0. The lowest BCUT2D eigenvalue weighted by atomic mass is 9.95. The van der Waals surface area contributed by atoms with Crippen molar-refractivity contribution < 1.29 is 5.11 Å². The van der Waals surface area contributed by atoms with E-state index in [1.165, 1.54) is 29.5 Å². The van der Waals surface area contributed by atoms with Crippen LogP contribution in [-0.2, 0) is 25.9 Å². The van der Waals surface area contributed by atoms with Gasteiger partial charge in [-0.2, -0.15) is 5.10 Å². The van der Waals surface area contributed by atoms with E-state index in [1.807, 2.05) is 30.7 Å². The van der Waals surface area contributed by atoms with Gasteiger partial charge in [0.25, 0.3) is 0 Å². The van der Waals surface area contributed by atoms with Crippen LogP contribution < -0.4 is 0 Å². The molecule has 1 unspecified atom stereocenters. The number of aryl methyl sites for hydroxylation is 2. The highest BCUT2D eigenvalue weighted by Crippen LogP contribution is 2.36. The van der Waals surface area contributed by atoms with Gasteiger partial charge in [-0.1, -0.05) is 23.7 Å². The summed E-state index contributed by atoms with van der Waals surface area (Å²) in [6.45, 7) is 4.98. The van der Waals surface area contributed by atoms with Gasteiger partial charge in [-0.05, 0) is 67.1 Å². The second-order valence-corrected chi connectivity index (χ2v) is 8.40. The third kappa shape index (κ3) is 3.00. The maximum absolute atomic E-state index is 10.8. The van der Waals surface area contributed by atoms with Gasteiger partial charge in [0.2, 0.25) is 0 Å². The summed E-state index contributed by atoms with van der Waals surface area (Å²) in [6, 6.07) is 6.12. The van der Waals surface area contributed by atoms with Crippen molar-refractivity contribution in [3.05, 3.63) is 50.3 Å². The van der Waals surface area contributed by atoms with Crippen LogP contribution in [0.2, 0.25) is 5.02 Å². The van der Waals surface area contributed by atoms with E-state index in [0.29, 0.717) is 13.1 Å². The second-order valence-electron chi connectivity index (χ2n) is 7.20. The fraction of sp³-hybridized carbons (Fsp3) is 0.450. The van der Waals surface area contributed by atoms with Crippen molar-refractivity contribution in [2.24, 2.45) is 0 Å². The van der Waals surface area contributed by atoms with Gasteiger partial charge in [0, 0.05) is 16.8 Å². The highest BCUT2D eigenvalue weighted by molar-refractivity contribution is 9.10. The molecule has 0 aliphatic heterocycles. The molecule has 1 aliphatic carbocycles. The zero-order chi connectivity index (χ0) is 18.4. The highest BCUT2D eigenvalue weighted by Gasteiger charge is 2.23. The van der Waals surface area contributed by atoms with E-state index in [4.69, 9.17) is 11.6 Å². The summed E-state index contributed by atoms with van der Waals surface area (Å²) >= 11 is 10.1. The SMILES string of the molecule is Cc1nn(CC(O)Cn2c3c(c4cccc(Cl)c42)CCCC3)c(C)c1Br. The van der Waals surface area contributed by atoms with Crippen LogP contribution >= 0.6 is 27.5 Å². The van der Waals surface area contributed by atoms with Gasteiger partial charge < -0.3 is 9.67 Å². The fourth-order valence-electron chi connectivity index (χ4n) is 4.17. The lowest BCUT2D eigenvalue weighted by molar-refractivity contribution is 0.129. The first kappa shape index (κ1) is 18.1. The molecule has 0 saturated heterocycles. The second kappa shape index (κ2) is 7.02. The van der Waals surface area contributed by atoms with Crippen LogP contribution in [0.15, 0.2) is 22.7 Å². The van der Waals surface area contributed by atoms with E-state index in [2.05, 4.69) is 31.7 Å². The quantitative estimate of drug-likeness (QED) is 0.638. The zero-order valence-corrected chi connectivity index (χ0v) is 17.4. The van der Waals surface area contributed by atoms with E-state index in [-0.39, 0.29) is 0 Å². The van der Waals surface area contributed by atoms with Gasteiger partial charge in [-0.15, -0.1) is 0 Å². The number of halogens is 2. The van der Waals surface area contributed by atoms with Gasteiger partial charge in [0.1, 0.15) is 0 Å². The molecule has 4 rings (SSSR count). The minimum absolute atomic E-state index is 0.469. The number of aromatic nitrogens is 3. The van der Waals surface area contributed by atoms with Crippen LogP contribution in [0.4, 0.5) is 0 Å². The fourth-order valence-corrected chi connectivity index (χ4v) is 4.73. The molecule has 0 spiro atoms. The Labute approximate surface area is 166 Å². The van der Waals surface area contributed by atoms with Crippen molar-refractivity contribution in [1.82, 2.24) is 14.3 Å². The molecule has 0 fully saturated rings. The van der Waals surface area contributed by atoms with E-state index < -0.39 is 6.10 Å². The van der Waals surface area contributed by atoms with E-state index in [0.717, 1.165) is 39.2 Å². The maximum Gasteiger partial charge on any atom is 0.0914 e. The van der Waals surface area contributed by atoms with E-state index in [1.54, 1.807) is 0 Å². The van der Waals surface area contributed by atoms with Crippen molar-refractivity contribution in [2.75, 3.05) is 0 Å². The summed E-state index contributed by atoms with van der Waals surface area (Å²) in [5, 5.41) is 17.3. The Bertz CT molecular complexity index is 975. The van der Waals surface area contributed by atoms with Crippen LogP contribution in [0, 0.1) is 13.8 Å². The van der Waals surface area contributed by atoms with Crippen molar-refractivity contribution >= 4 is 38.4 Å². The number of hydrogen-bond acceptors (Lipinski definition) is 2. The molecule has 0 saturated carbocycles. The summed E-state index contributed by atoms with van der Waals surface area (Å²) in [5.74, 6) is 0. The van der Waals surface area contributed by atoms with E-state index >= 15 is 0 Å². The van der Waals surface area contributed by atoms with Crippen LogP contribution in [-0.4, -0.2) is 25.6 Å². The standard InChI is InChI=1S/C20H23BrClN3O/c1-12-19(21)13(2)25(23-12)11-14(26)10-24-18-9-4-3-6-15(18)16-7-5-8-17(22)20(16)24/h5,7-8,14,26H,3-4,6,9-11H2,1-2H3. The molecule has 0 bridgehead atoms. The van der Waals surface area contributed by atoms with Crippen LogP contribution in [0.1, 0.15) is 35.5 Å². The Hall–Kier alpha value is -1.30. The predicted molar refractivity (Wildman–Crippen MR) is 109 cm³/mol. The molecule has 4 nitrogen and oxygen atoms in total. The topological polar surface area (TPSA) is 43.0 Å². The van der Waals surface area contributed by atoms with Gasteiger partial charge in [0.15, 0.2) is 0 Å². The van der Waals surface area contributed by atoms with Crippen molar-refractivity contribution in [3.63, 3.8) is 0 Å². The molecule has 26 heavy (non-hydrogen) atoms. The Kier molecular flexibility index (Phi) is 4.88. The molecular weight excluding hydrogens is 414 g/mol. The molecular formula is C20H23BrClN3O. The summed E-state index contributed by atoms with van der Waals surface area (Å²) in [6.07, 6.45) is 4.04. The Morgan fingerprint density at radius 2 is 2.00 bits per heavy atom. The number of nitrogens with zero attached hydrogens (tertiary/aromatic N) is 3. The Balaban J connectivity index is 1.69. The first-order chi connectivity index (χ1) is 12.5. The smallest absolute Gasteiger partial charge is 0.0914 e. The lowest BCUT2D eigenvalue weighted by Gasteiger charge is -2.19. The van der Waals surface area contributed by atoms with Crippen LogP contribution in [0.5, 0.6) is 0 Å². The molecule has 0 radical (unpaired) electrons. The molecule has 6 heteroatoms. The lowest BCUT2D eigenvalue weighted by Crippen LogP contribution is -2.25. The van der Waals surface area contributed by atoms with Crippen LogP contribution in [0.25, 0.3) is 10.9 Å². The maximum atomic E-state index is 10.8. The largest absolute Gasteiger partial charge is 0.389 e. The third-order valence-electron chi connectivity index (χ3n) is 5.42. The number of rotatable bonds is 4. The minimum Gasteiger partial charge on any atom is -0.389 e. The molecule has 1 aliphatic rings. The predicted octanol–water partition coefficient (Wildman–Crippen LogP) is 4.81. The highest BCUT2D eigenvalue weighted by atomic mass is 79.9. The molecule has 0 amide bonds. The number of para-hydroxylation sites is 1. The van der Waals surface area contributed by atoms with Gasteiger partial charge >= 0.3 is 0 Å². The number of hydrogen-bond donors (Lipinski definition) is 1. The number of benzene rings is 1. The summed E-state index contributed by atoms with van der Waals surface area (Å²) in [7, 11) is 0. The van der Waals surface area contributed by atoms with Crippen molar-refractivity contribution in [1.29, 1.82) is 0 Å². The number of fused-ring (bicyclic) bond motifs is 3. The molecule has 138 valence electrons. The first-order valence-electron chi connectivity index (χ1n) is 9.13. The van der Waals surface area contributed by atoms with Gasteiger partial charge in [-0.25, -0.2) is 0 Å². The Morgan fingerprint density at radius 3 is 2.73 bits per heavy atom. The molecule has 1 atom stereocenters. The Morgan fingerprint density at radius 1 is 1.23 bits per heavy atom.